The van der Waals surface area contributed by atoms with Gasteiger partial charge >= 0.3 is 0 Å². The number of imidazole rings is 1. The Morgan fingerprint density at radius 1 is 1.47 bits per heavy atom. The van der Waals surface area contributed by atoms with Crippen molar-refractivity contribution in [3.8, 4) is 0 Å². The molecular weight excluding hydrogens is 186 g/mol. The van der Waals surface area contributed by atoms with Crippen LogP contribution in [0.15, 0.2) is 12.4 Å². The van der Waals surface area contributed by atoms with Gasteiger partial charge in [0.05, 0.1) is 6.54 Å². The van der Waals surface area contributed by atoms with Crippen molar-refractivity contribution in [2.24, 2.45) is 5.92 Å². The highest BCUT2D eigenvalue weighted by molar-refractivity contribution is 4.92. The molecule has 0 aliphatic heterocycles. The maximum atomic E-state index is 4.37. The second kappa shape index (κ2) is 6.62. The first kappa shape index (κ1) is 12.2. The zero-order valence-electron chi connectivity index (χ0n) is 10.2. The van der Waals surface area contributed by atoms with Gasteiger partial charge < -0.3 is 9.88 Å². The molecule has 1 aromatic rings. The molecule has 0 aromatic carbocycles. The van der Waals surface area contributed by atoms with Crippen molar-refractivity contribution in [3.05, 3.63) is 18.2 Å². The van der Waals surface area contributed by atoms with E-state index in [2.05, 4.69) is 41.8 Å². The summed E-state index contributed by atoms with van der Waals surface area (Å²) in [6.45, 7) is 9.63. The van der Waals surface area contributed by atoms with E-state index in [0.29, 0.717) is 0 Å². The maximum Gasteiger partial charge on any atom is 0.122 e. The predicted molar refractivity (Wildman–Crippen MR) is 63.7 cm³/mol. The average Bonchev–Trinajstić information content (AvgIpc) is 2.63. The van der Waals surface area contributed by atoms with Gasteiger partial charge in [0.15, 0.2) is 0 Å². The molecule has 3 heteroatoms. The van der Waals surface area contributed by atoms with E-state index in [9.17, 15) is 0 Å². The topological polar surface area (TPSA) is 29.9 Å². The molecule has 0 amide bonds. The normalized spacial score (nSPS) is 13.0. The van der Waals surface area contributed by atoms with Crippen molar-refractivity contribution in [2.45, 2.75) is 46.7 Å². The lowest BCUT2D eigenvalue weighted by molar-refractivity contribution is 0.433. The molecule has 0 fully saturated rings. The minimum atomic E-state index is 0.740. The molecule has 1 unspecified atom stereocenters. The minimum absolute atomic E-state index is 0.740. The van der Waals surface area contributed by atoms with Gasteiger partial charge in [-0.1, -0.05) is 27.2 Å². The van der Waals surface area contributed by atoms with E-state index in [-0.39, 0.29) is 0 Å². The molecule has 86 valence electrons. The molecule has 1 atom stereocenters. The Balaban J connectivity index is 2.48. The molecule has 1 N–H and O–H groups in total. The first-order valence-corrected chi connectivity index (χ1v) is 5.98. The van der Waals surface area contributed by atoms with Crippen molar-refractivity contribution in [1.82, 2.24) is 14.9 Å². The minimum Gasteiger partial charge on any atom is -0.334 e. The average molecular weight is 209 g/mol. The van der Waals surface area contributed by atoms with Gasteiger partial charge in [0.25, 0.3) is 0 Å². The number of aromatic nitrogens is 2. The van der Waals surface area contributed by atoms with Crippen LogP contribution in [0.2, 0.25) is 0 Å². The predicted octanol–water partition coefficient (Wildman–Crippen LogP) is 2.43. The Bertz CT molecular complexity index is 268. The summed E-state index contributed by atoms with van der Waals surface area (Å²) in [5.41, 5.74) is 0. The Labute approximate surface area is 92.9 Å². The van der Waals surface area contributed by atoms with Gasteiger partial charge in [0.2, 0.25) is 0 Å². The number of hydrogen-bond acceptors (Lipinski definition) is 2. The van der Waals surface area contributed by atoms with Crippen LogP contribution in [-0.4, -0.2) is 16.1 Å². The smallest absolute Gasteiger partial charge is 0.122 e. The number of hydrogen-bond donors (Lipinski definition) is 1. The van der Waals surface area contributed by atoms with E-state index in [1.807, 2.05) is 6.20 Å². The van der Waals surface area contributed by atoms with Crippen molar-refractivity contribution >= 4 is 0 Å². The first-order chi connectivity index (χ1) is 7.27. The highest BCUT2D eigenvalue weighted by Gasteiger charge is 2.06. The Morgan fingerprint density at radius 2 is 2.27 bits per heavy atom. The molecule has 0 spiro atoms. The van der Waals surface area contributed by atoms with Crippen molar-refractivity contribution in [2.75, 3.05) is 6.54 Å². The van der Waals surface area contributed by atoms with Crippen LogP contribution in [0.3, 0.4) is 0 Å². The summed E-state index contributed by atoms with van der Waals surface area (Å²) < 4.78 is 2.27. The maximum absolute atomic E-state index is 4.37. The monoisotopic (exact) mass is 209 g/mol. The van der Waals surface area contributed by atoms with E-state index in [1.54, 1.807) is 0 Å². The van der Waals surface area contributed by atoms with Gasteiger partial charge in [-0.25, -0.2) is 4.98 Å². The first-order valence-electron chi connectivity index (χ1n) is 5.98. The van der Waals surface area contributed by atoms with Crippen molar-refractivity contribution in [1.29, 1.82) is 0 Å². The van der Waals surface area contributed by atoms with E-state index in [1.165, 1.54) is 12.8 Å². The zero-order valence-corrected chi connectivity index (χ0v) is 10.2. The lowest BCUT2D eigenvalue weighted by atomic mass is 10.1. The quantitative estimate of drug-likeness (QED) is 0.747. The zero-order chi connectivity index (χ0) is 11.1. The second-order valence-electron chi connectivity index (χ2n) is 4.17. The molecule has 0 bridgehead atoms. The summed E-state index contributed by atoms with van der Waals surface area (Å²) in [5, 5.41) is 3.31. The Hall–Kier alpha value is -0.830. The van der Waals surface area contributed by atoms with Crippen LogP contribution in [0.1, 0.15) is 39.4 Å². The van der Waals surface area contributed by atoms with Gasteiger partial charge in [0.1, 0.15) is 5.82 Å². The second-order valence-corrected chi connectivity index (χ2v) is 4.17. The molecule has 0 aliphatic rings. The van der Waals surface area contributed by atoms with E-state index in [4.69, 9.17) is 0 Å². The lowest BCUT2D eigenvalue weighted by Gasteiger charge is -2.13. The molecule has 15 heavy (non-hydrogen) atoms. The molecule has 0 aliphatic carbocycles. The van der Waals surface area contributed by atoms with E-state index < -0.39 is 0 Å². The molecule has 3 nitrogen and oxygen atoms in total. The molecule has 0 radical (unpaired) electrons. The molecule has 1 heterocycles. The van der Waals surface area contributed by atoms with Crippen LogP contribution in [0.25, 0.3) is 0 Å². The van der Waals surface area contributed by atoms with Crippen LogP contribution in [0.5, 0.6) is 0 Å². The fourth-order valence-corrected chi connectivity index (χ4v) is 1.83. The molecular formula is C12H23N3. The number of nitrogens with one attached hydrogen (secondary N) is 1. The summed E-state index contributed by atoms with van der Waals surface area (Å²) in [6, 6.07) is 0. The van der Waals surface area contributed by atoms with E-state index in [0.717, 1.165) is 31.4 Å². The molecule has 0 saturated carbocycles. The largest absolute Gasteiger partial charge is 0.334 e. The van der Waals surface area contributed by atoms with Crippen LogP contribution in [0, 0.1) is 5.92 Å². The van der Waals surface area contributed by atoms with E-state index >= 15 is 0 Å². The molecule has 1 aromatic heterocycles. The third-order valence-corrected chi connectivity index (χ3v) is 2.62. The van der Waals surface area contributed by atoms with Gasteiger partial charge in [0, 0.05) is 18.9 Å². The number of rotatable bonds is 7. The molecule has 1 rings (SSSR count). The molecule has 0 saturated heterocycles. The van der Waals surface area contributed by atoms with Crippen LogP contribution >= 0.6 is 0 Å². The van der Waals surface area contributed by atoms with Gasteiger partial charge in [-0.2, -0.15) is 0 Å². The fourth-order valence-electron chi connectivity index (χ4n) is 1.83. The SMILES string of the molecule is CCCC(C)Cn1ccnc1CNCC. The van der Waals surface area contributed by atoms with Crippen LogP contribution in [0.4, 0.5) is 0 Å². The van der Waals surface area contributed by atoms with Gasteiger partial charge in [-0.3, -0.25) is 0 Å². The highest BCUT2D eigenvalue weighted by Crippen LogP contribution is 2.09. The summed E-state index contributed by atoms with van der Waals surface area (Å²) >= 11 is 0. The van der Waals surface area contributed by atoms with Crippen LogP contribution < -0.4 is 5.32 Å². The van der Waals surface area contributed by atoms with Gasteiger partial charge in [-0.15, -0.1) is 0 Å². The Kier molecular flexibility index (Phi) is 5.40. The van der Waals surface area contributed by atoms with Crippen molar-refractivity contribution in [3.63, 3.8) is 0 Å². The highest BCUT2D eigenvalue weighted by atomic mass is 15.1. The Morgan fingerprint density at radius 3 is 2.93 bits per heavy atom. The number of nitrogens with zero attached hydrogens (tertiary/aromatic N) is 2. The summed E-state index contributed by atoms with van der Waals surface area (Å²) in [7, 11) is 0. The van der Waals surface area contributed by atoms with Crippen LogP contribution in [-0.2, 0) is 13.1 Å². The summed E-state index contributed by atoms with van der Waals surface area (Å²) in [6.07, 6.45) is 6.53. The van der Waals surface area contributed by atoms with Gasteiger partial charge in [-0.05, 0) is 18.9 Å². The lowest BCUT2D eigenvalue weighted by Crippen LogP contribution is -2.18. The summed E-state index contributed by atoms with van der Waals surface area (Å²) in [4.78, 5) is 4.37. The third-order valence-electron chi connectivity index (χ3n) is 2.62. The van der Waals surface area contributed by atoms with Crippen molar-refractivity contribution < 1.29 is 0 Å². The standard InChI is InChI=1S/C12H23N3/c1-4-6-11(3)10-15-8-7-14-12(15)9-13-5-2/h7-8,11,13H,4-6,9-10H2,1-3H3. The fraction of sp³-hybridized carbons (Fsp3) is 0.750. The summed E-state index contributed by atoms with van der Waals surface area (Å²) in [5.74, 6) is 1.89. The third kappa shape index (κ3) is 4.04.